The van der Waals surface area contributed by atoms with Crippen LogP contribution < -0.4 is 10.2 Å². The van der Waals surface area contributed by atoms with E-state index in [1.54, 1.807) is 19.4 Å². The van der Waals surface area contributed by atoms with Gasteiger partial charge in [-0.15, -0.1) is 0 Å². The Morgan fingerprint density at radius 3 is 2.79 bits per heavy atom. The first-order chi connectivity index (χ1) is 16.4. The number of halogens is 1. The molecular formula is C24H29FN8O. The molecule has 5 rings (SSSR count). The highest BCUT2D eigenvalue weighted by atomic mass is 19.1. The van der Waals surface area contributed by atoms with Crippen LogP contribution in [-0.4, -0.2) is 62.2 Å². The monoisotopic (exact) mass is 464 g/mol. The van der Waals surface area contributed by atoms with Crippen LogP contribution in [0.25, 0.3) is 22.2 Å². The van der Waals surface area contributed by atoms with Crippen LogP contribution in [0.15, 0.2) is 36.9 Å². The van der Waals surface area contributed by atoms with E-state index in [0.29, 0.717) is 30.5 Å². The van der Waals surface area contributed by atoms with Gasteiger partial charge >= 0.3 is 0 Å². The zero-order valence-electron chi connectivity index (χ0n) is 19.8. The van der Waals surface area contributed by atoms with E-state index >= 15 is 0 Å². The Kier molecular flexibility index (Phi) is 5.91. The number of hydrogen-bond donors (Lipinski definition) is 2. The normalized spacial score (nSPS) is 18.7. The molecule has 9 nitrogen and oxygen atoms in total. The van der Waals surface area contributed by atoms with Crippen molar-refractivity contribution >= 4 is 28.5 Å². The van der Waals surface area contributed by atoms with Gasteiger partial charge in [0, 0.05) is 55.3 Å². The standard InChI is InChI=1S/C24H29FN8O/c1-14(2)33-12-17(23-15(3)10-28-31-23)16-11-27-22(9-19(16)33)29-21-5-7-26-24(30-21)32-8-6-20(34-4)18(25)13-32/h5,7,9-12,14,18,20H,6,8,13H2,1-4H3,(H,28,31)(H,26,27,29,30). The molecule has 5 heterocycles. The summed E-state index contributed by atoms with van der Waals surface area (Å²) in [6, 6.07) is 4.07. The Labute approximate surface area is 197 Å². The van der Waals surface area contributed by atoms with Gasteiger partial charge in [-0.05, 0) is 38.8 Å². The molecule has 1 aliphatic heterocycles. The fraction of sp³-hybridized carbons (Fsp3) is 0.417. The predicted octanol–water partition coefficient (Wildman–Crippen LogP) is 4.41. The number of piperidine rings is 1. The minimum atomic E-state index is -1.07. The Bertz CT molecular complexity index is 1300. The maximum Gasteiger partial charge on any atom is 0.227 e. The summed E-state index contributed by atoms with van der Waals surface area (Å²) in [7, 11) is 1.55. The lowest BCUT2D eigenvalue weighted by atomic mass is 10.1. The highest BCUT2D eigenvalue weighted by molar-refractivity contribution is 5.96. The number of aromatic nitrogens is 6. The van der Waals surface area contributed by atoms with Gasteiger partial charge in [0.1, 0.15) is 17.8 Å². The number of rotatable bonds is 6. The van der Waals surface area contributed by atoms with Crippen molar-refractivity contribution in [2.75, 3.05) is 30.4 Å². The molecule has 0 saturated carbocycles. The number of aromatic amines is 1. The van der Waals surface area contributed by atoms with Crippen molar-refractivity contribution in [3.8, 4) is 11.3 Å². The molecule has 0 aliphatic carbocycles. The summed E-state index contributed by atoms with van der Waals surface area (Å²) in [5.41, 5.74) is 4.22. The van der Waals surface area contributed by atoms with E-state index in [-0.39, 0.29) is 18.7 Å². The van der Waals surface area contributed by atoms with Crippen molar-refractivity contribution in [3.63, 3.8) is 0 Å². The average Bonchev–Trinajstić information content (AvgIpc) is 3.42. The van der Waals surface area contributed by atoms with Crippen molar-refractivity contribution in [1.29, 1.82) is 0 Å². The van der Waals surface area contributed by atoms with E-state index in [0.717, 1.165) is 27.7 Å². The molecule has 0 aromatic carbocycles. The summed E-state index contributed by atoms with van der Waals surface area (Å²) in [5, 5.41) is 11.6. The van der Waals surface area contributed by atoms with Gasteiger partial charge in [-0.1, -0.05) is 0 Å². The third kappa shape index (κ3) is 4.09. The molecule has 4 aromatic rings. The van der Waals surface area contributed by atoms with Crippen molar-refractivity contribution in [2.24, 2.45) is 0 Å². The van der Waals surface area contributed by atoms with Gasteiger partial charge in [0.2, 0.25) is 5.95 Å². The molecular weight excluding hydrogens is 435 g/mol. The Balaban J connectivity index is 1.43. The second-order valence-electron chi connectivity index (χ2n) is 8.95. The van der Waals surface area contributed by atoms with E-state index in [1.165, 1.54) is 0 Å². The van der Waals surface area contributed by atoms with E-state index < -0.39 is 6.17 Å². The smallest absolute Gasteiger partial charge is 0.227 e. The molecule has 2 unspecified atom stereocenters. The number of nitrogens with zero attached hydrogens (tertiary/aromatic N) is 6. The number of hydrogen-bond acceptors (Lipinski definition) is 7. The molecule has 0 spiro atoms. The molecule has 0 bridgehead atoms. The van der Waals surface area contributed by atoms with Crippen LogP contribution in [0, 0.1) is 6.92 Å². The van der Waals surface area contributed by atoms with E-state index in [2.05, 4.69) is 55.1 Å². The SMILES string of the molecule is COC1CCN(c2nccc(Nc3cc4c(cn3)c(-c3[nH]ncc3C)cn4C(C)C)n2)CC1F. The maximum atomic E-state index is 14.4. The van der Waals surface area contributed by atoms with Crippen LogP contribution in [0.1, 0.15) is 31.9 Å². The fourth-order valence-corrected chi connectivity index (χ4v) is 4.49. The number of aryl methyl sites for hydroxylation is 1. The third-order valence-electron chi connectivity index (χ3n) is 6.34. The van der Waals surface area contributed by atoms with Crippen LogP contribution in [0.4, 0.5) is 22.0 Å². The molecule has 0 amide bonds. The van der Waals surface area contributed by atoms with Crippen molar-refractivity contribution < 1.29 is 9.13 Å². The summed E-state index contributed by atoms with van der Waals surface area (Å²) >= 11 is 0. The van der Waals surface area contributed by atoms with Crippen LogP contribution in [0.2, 0.25) is 0 Å². The summed E-state index contributed by atoms with van der Waals surface area (Å²) in [6.07, 6.45) is 6.67. The summed E-state index contributed by atoms with van der Waals surface area (Å²) < 4.78 is 21.8. The first-order valence-corrected chi connectivity index (χ1v) is 11.5. The van der Waals surface area contributed by atoms with Crippen molar-refractivity contribution in [2.45, 2.75) is 45.5 Å². The number of ether oxygens (including phenoxy) is 1. The highest BCUT2D eigenvalue weighted by Gasteiger charge is 2.30. The number of methoxy groups -OCH3 is 1. The van der Waals surface area contributed by atoms with Crippen LogP contribution >= 0.6 is 0 Å². The second kappa shape index (κ2) is 9.02. The molecule has 10 heteroatoms. The molecule has 4 aromatic heterocycles. The lowest BCUT2D eigenvalue weighted by Crippen LogP contribution is -2.46. The van der Waals surface area contributed by atoms with Gasteiger partial charge in [-0.2, -0.15) is 10.1 Å². The zero-order valence-corrected chi connectivity index (χ0v) is 19.8. The molecule has 1 fully saturated rings. The van der Waals surface area contributed by atoms with Crippen molar-refractivity contribution in [1.82, 2.24) is 29.7 Å². The van der Waals surface area contributed by atoms with Gasteiger partial charge in [0.15, 0.2) is 0 Å². The highest BCUT2D eigenvalue weighted by Crippen LogP contribution is 2.34. The number of anilines is 3. The van der Waals surface area contributed by atoms with Gasteiger partial charge < -0.3 is 19.5 Å². The Morgan fingerprint density at radius 1 is 1.24 bits per heavy atom. The molecule has 1 saturated heterocycles. The first-order valence-electron chi connectivity index (χ1n) is 11.5. The Hall–Kier alpha value is -3.53. The van der Waals surface area contributed by atoms with E-state index in [1.807, 2.05) is 30.3 Å². The van der Waals surface area contributed by atoms with Crippen LogP contribution in [0.5, 0.6) is 0 Å². The Morgan fingerprint density at radius 2 is 2.09 bits per heavy atom. The minimum Gasteiger partial charge on any atom is -0.378 e. The third-order valence-corrected chi connectivity index (χ3v) is 6.34. The average molecular weight is 465 g/mol. The summed E-state index contributed by atoms with van der Waals surface area (Å²) in [4.78, 5) is 15.5. The quantitative estimate of drug-likeness (QED) is 0.436. The first kappa shape index (κ1) is 22.3. The largest absolute Gasteiger partial charge is 0.378 e. The lowest BCUT2D eigenvalue weighted by molar-refractivity contribution is 0.0194. The topological polar surface area (TPSA) is 96.8 Å². The van der Waals surface area contributed by atoms with Gasteiger partial charge in [0.05, 0.1) is 30.1 Å². The lowest BCUT2D eigenvalue weighted by Gasteiger charge is -2.33. The number of H-pyrrole nitrogens is 1. The molecule has 0 radical (unpaired) electrons. The summed E-state index contributed by atoms with van der Waals surface area (Å²) in [6.45, 7) is 7.20. The fourth-order valence-electron chi connectivity index (χ4n) is 4.49. The van der Waals surface area contributed by atoms with Crippen LogP contribution in [0.3, 0.4) is 0 Å². The van der Waals surface area contributed by atoms with Gasteiger partial charge in [-0.3, -0.25) is 5.10 Å². The maximum absolute atomic E-state index is 14.4. The van der Waals surface area contributed by atoms with E-state index in [9.17, 15) is 4.39 Å². The van der Waals surface area contributed by atoms with Crippen molar-refractivity contribution in [3.05, 3.63) is 42.5 Å². The zero-order chi connectivity index (χ0) is 23.8. The minimum absolute atomic E-state index is 0.212. The number of alkyl halides is 1. The van der Waals surface area contributed by atoms with Crippen LogP contribution in [-0.2, 0) is 4.74 Å². The molecule has 1 aliphatic rings. The van der Waals surface area contributed by atoms with Gasteiger partial charge in [-0.25, -0.2) is 14.4 Å². The molecule has 34 heavy (non-hydrogen) atoms. The molecule has 2 atom stereocenters. The predicted molar refractivity (Wildman–Crippen MR) is 130 cm³/mol. The number of pyridine rings is 1. The number of fused-ring (bicyclic) bond motifs is 1. The van der Waals surface area contributed by atoms with E-state index in [4.69, 9.17) is 4.74 Å². The van der Waals surface area contributed by atoms with Gasteiger partial charge in [0.25, 0.3) is 0 Å². The second-order valence-corrected chi connectivity index (χ2v) is 8.95. The molecule has 2 N–H and O–H groups in total. The molecule has 178 valence electrons. The number of nitrogens with one attached hydrogen (secondary N) is 2. The summed E-state index contributed by atoms with van der Waals surface area (Å²) in [5.74, 6) is 1.77.